The van der Waals surface area contributed by atoms with Gasteiger partial charge < -0.3 is 9.72 Å². The number of fused-ring (bicyclic) bond motifs is 3. The van der Waals surface area contributed by atoms with Gasteiger partial charge >= 0.3 is 5.97 Å². The molecule has 4 heteroatoms. The molecule has 1 heterocycles. The largest absolute Gasteiger partial charge is 0.465 e. The SMILES string of the molecule is O=C(OCCCCCc1nc2ccccc2[nH]1)C1CC2C=CC1C2. The van der Waals surface area contributed by atoms with Crippen LogP contribution in [0.5, 0.6) is 0 Å². The highest BCUT2D eigenvalue weighted by atomic mass is 16.5. The first-order chi connectivity index (χ1) is 11.8. The first-order valence-corrected chi connectivity index (χ1v) is 9.08. The van der Waals surface area contributed by atoms with Gasteiger partial charge in [-0.2, -0.15) is 0 Å². The van der Waals surface area contributed by atoms with Crippen LogP contribution in [-0.4, -0.2) is 22.5 Å². The fraction of sp³-hybridized carbons (Fsp3) is 0.500. The van der Waals surface area contributed by atoms with Gasteiger partial charge in [0.15, 0.2) is 0 Å². The van der Waals surface area contributed by atoms with E-state index in [4.69, 9.17) is 4.74 Å². The Morgan fingerprint density at radius 2 is 2.08 bits per heavy atom. The van der Waals surface area contributed by atoms with Gasteiger partial charge in [0.25, 0.3) is 0 Å². The number of nitrogens with zero attached hydrogens (tertiary/aromatic N) is 1. The molecule has 4 rings (SSSR count). The van der Waals surface area contributed by atoms with Crippen molar-refractivity contribution in [3.8, 4) is 0 Å². The standard InChI is InChI=1S/C20H24N2O2/c23-20(16-13-14-9-10-15(16)12-14)24-11-5-1-2-8-19-21-17-6-3-4-7-18(17)22-19/h3-4,6-7,9-10,14-16H,1-2,5,8,11-13H2,(H,21,22). The fourth-order valence-corrected chi connectivity index (χ4v) is 4.03. The number of allylic oxidation sites excluding steroid dienone is 2. The van der Waals surface area contributed by atoms with E-state index in [-0.39, 0.29) is 11.9 Å². The average molecular weight is 324 g/mol. The summed E-state index contributed by atoms with van der Waals surface area (Å²) in [5, 5.41) is 0. The average Bonchev–Trinajstić information content (AvgIpc) is 3.31. The predicted octanol–water partition coefficient (Wildman–Crippen LogP) is 4.03. The Morgan fingerprint density at radius 1 is 1.17 bits per heavy atom. The Labute approximate surface area is 142 Å². The van der Waals surface area contributed by atoms with Crippen molar-refractivity contribution in [2.45, 2.75) is 38.5 Å². The lowest BCUT2D eigenvalue weighted by Crippen LogP contribution is -2.22. The normalized spacial score (nSPS) is 24.8. The number of hydrogen-bond donors (Lipinski definition) is 1. The van der Waals surface area contributed by atoms with Gasteiger partial charge in [-0.3, -0.25) is 4.79 Å². The van der Waals surface area contributed by atoms with Crippen molar-refractivity contribution < 1.29 is 9.53 Å². The smallest absolute Gasteiger partial charge is 0.309 e. The number of unbranched alkanes of at least 4 members (excludes halogenated alkanes) is 2. The molecular formula is C20H24N2O2. The fourth-order valence-electron chi connectivity index (χ4n) is 4.03. The molecule has 0 amide bonds. The predicted molar refractivity (Wildman–Crippen MR) is 93.5 cm³/mol. The van der Waals surface area contributed by atoms with Crippen molar-refractivity contribution in [2.24, 2.45) is 17.8 Å². The number of benzene rings is 1. The Kier molecular flexibility index (Phi) is 4.37. The van der Waals surface area contributed by atoms with E-state index in [0.29, 0.717) is 18.4 Å². The number of carbonyl (C=O) groups excluding carboxylic acids is 1. The van der Waals surface area contributed by atoms with Crippen molar-refractivity contribution >= 4 is 17.0 Å². The number of carbonyl (C=O) groups is 1. The molecule has 1 aromatic carbocycles. The second kappa shape index (κ2) is 6.80. The van der Waals surface area contributed by atoms with Gasteiger partial charge in [-0.1, -0.05) is 24.3 Å². The number of aromatic nitrogens is 2. The lowest BCUT2D eigenvalue weighted by Gasteiger charge is -2.16. The summed E-state index contributed by atoms with van der Waals surface area (Å²) in [5.41, 5.74) is 2.13. The number of hydrogen-bond acceptors (Lipinski definition) is 3. The lowest BCUT2D eigenvalue weighted by atomic mass is 9.94. The van der Waals surface area contributed by atoms with Gasteiger partial charge in [0.05, 0.1) is 23.6 Å². The Balaban J connectivity index is 1.13. The van der Waals surface area contributed by atoms with Crippen LogP contribution in [0.1, 0.15) is 37.9 Å². The zero-order chi connectivity index (χ0) is 16.4. The molecule has 3 unspecified atom stereocenters. The van der Waals surface area contributed by atoms with Crippen LogP contribution in [0.4, 0.5) is 0 Å². The van der Waals surface area contributed by atoms with Gasteiger partial charge in [-0.25, -0.2) is 4.98 Å². The molecule has 2 aliphatic carbocycles. The number of para-hydroxylation sites is 2. The summed E-state index contributed by atoms with van der Waals surface area (Å²) in [7, 11) is 0. The molecule has 0 saturated heterocycles. The number of rotatable bonds is 7. The minimum atomic E-state index is 0.0177. The summed E-state index contributed by atoms with van der Waals surface area (Å²) >= 11 is 0. The van der Waals surface area contributed by atoms with Gasteiger partial charge in [0.1, 0.15) is 5.82 Å². The Morgan fingerprint density at radius 3 is 2.88 bits per heavy atom. The highest BCUT2D eigenvalue weighted by Gasteiger charge is 2.40. The van der Waals surface area contributed by atoms with Gasteiger partial charge in [-0.15, -0.1) is 0 Å². The number of esters is 1. The summed E-state index contributed by atoms with van der Waals surface area (Å²) in [6.45, 7) is 0.552. The maximum absolute atomic E-state index is 12.1. The second-order valence-electron chi connectivity index (χ2n) is 7.07. The number of H-pyrrole nitrogens is 1. The van der Waals surface area contributed by atoms with Crippen LogP contribution < -0.4 is 0 Å². The third-order valence-corrected chi connectivity index (χ3v) is 5.32. The van der Waals surface area contributed by atoms with E-state index in [1.54, 1.807) is 0 Å². The molecule has 2 aromatic rings. The van der Waals surface area contributed by atoms with Crippen LogP contribution in [0.15, 0.2) is 36.4 Å². The third kappa shape index (κ3) is 3.23. The van der Waals surface area contributed by atoms with Crippen LogP contribution in [0, 0.1) is 17.8 Å². The van der Waals surface area contributed by atoms with E-state index in [1.165, 1.54) is 0 Å². The van der Waals surface area contributed by atoms with Crippen molar-refractivity contribution in [1.82, 2.24) is 9.97 Å². The van der Waals surface area contributed by atoms with Crippen LogP contribution in [0.2, 0.25) is 0 Å². The number of nitrogens with one attached hydrogen (secondary N) is 1. The molecule has 1 N–H and O–H groups in total. The monoisotopic (exact) mass is 324 g/mol. The molecule has 0 radical (unpaired) electrons. The van der Waals surface area contributed by atoms with Crippen molar-refractivity contribution in [1.29, 1.82) is 0 Å². The quantitative estimate of drug-likeness (QED) is 0.475. The van der Waals surface area contributed by atoms with Crippen LogP contribution in [0.3, 0.4) is 0 Å². The van der Waals surface area contributed by atoms with E-state index >= 15 is 0 Å². The molecule has 0 aliphatic heterocycles. The van der Waals surface area contributed by atoms with Crippen LogP contribution in [0.25, 0.3) is 11.0 Å². The van der Waals surface area contributed by atoms with Crippen LogP contribution in [-0.2, 0) is 16.0 Å². The van der Waals surface area contributed by atoms with Crippen molar-refractivity contribution in [3.63, 3.8) is 0 Å². The lowest BCUT2D eigenvalue weighted by molar-refractivity contribution is -0.149. The van der Waals surface area contributed by atoms with Gasteiger partial charge in [0, 0.05) is 6.42 Å². The molecule has 1 aromatic heterocycles. The van der Waals surface area contributed by atoms with Crippen molar-refractivity contribution in [3.05, 3.63) is 42.2 Å². The highest BCUT2D eigenvalue weighted by Crippen LogP contribution is 2.43. The molecular weight excluding hydrogens is 300 g/mol. The molecule has 4 nitrogen and oxygen atoms in total. The second-order valence-corrected chi connectivity index (χ2v) is 7.07. The highest BCUT2D eigenvalue weighted by molar-refractivity contribution is 5.75. The molecule has 1 fully saturated rings. The molecule has 2 aliphatic rings. The minimum Gasteiger partial charge on any atom is -0.465 e. The number of aromatic amines is 1. The number of ether oxygens (including phenoxy) is 1. The van der Waals surface area contributed by atoms with E-state index in [2.05, 4.69) is 28.2 Å². The Bertz CT molecular complexity index is 716. The zero-order valence-corrected chi connectivity index (χ0v) is 13.9. The van der Waals surface area contributed by atoms with E-state index in [0.717, 1.165) is 55.4 Å². The third-order valence-electron chi connectivity index (χ3n) is 5.32. The first-order valence-electron chi connectivity index (χ1n) is 9.08. The molecule has 2 bridgehead atoms. The topological polar surface area (TPSA) is 55.0 Å². The molecule has 3 atom stereocenters. The molecule has 24 heavy (non-hydrogen) atoms. The van der Waals surface area contributed by atoms with Crippen molar-refractivity contribution in [2.75, 3.05) is 6.61 Å². The maximum Gasteiger partial charge on any atom is 0.309 e. The van der Waals surface area contributed by atoms with E-state index in [1.807, 2.05) is 18.2 Å². The molecule has 1 saturated carbocycles. The summed E-state index contributed by atoms with van der Waals surface area (Å²) in [6.07, 6.45) is 10.6. The summed E-state index contributed by atoms with van der Waals surface area (Å²) < 4.78 is 5.48. The van der Waals surface area contributed by atoms with E-state index < -0.39 is 0 Å². The Hall–Kier alpha value is -2.10. The number of aryl methyl sites for hydroxylation is 1. The summed E-state index contributed by atoms with van der Waals surface area (Å²) in [4.78, 5) is 20.1. The zero-order valence-electron chi connectivity index (χ0n) is 13.9. The first kappa shape index (κ1) is 15.4. The van der Waals surface area contributed by atoms with Crippen LogP contribution >= 0.6 is 0 Å². The summed E-state index contributed by atoms with van der Waals surface area (Å²) in [5.74, 6) is 2.24. The molecule has 126 valence electrons. The van der Waals surface area contributed by atoms with Gasteiger partial charge in [0.2, 0.25) is 0 Å². The molecule has 0 spiro atoms. The minimum absolute atomic E-state index is 0.0177. The van der Waals surface area contributed by atoms with Gasteiger partial charge in [-0.05, 0) is 56.1 Å². The summed E-state index contributed by atoms with van der Waals surface area (Å²) in [6, 6.07) is 8.10. The maximum atomic E-state index is 12.1. The number of imidazole rings is 1. The van der Waals surface area contributed by atoms with E-state index in [9.17, 15) is 4.79 Å².